The second kappa shape index (κ2) is 4.81. The number of anilines is 2. The van der Waals surface area contributed by atoms with Crippen molar-refractivity contribution in [3.05, 3.63) is 23.8 Å². The van der Waals surface area contributed by atoms with Gasteiger partial charge >= 0.3 is 0 Å². The second-order valence-electron chi connectivity index (χ2n) is 5.72. The van der Waals surface area contributed by atoms with Gasteiger partial charge in [-0.25, -0.2) is 0 Å². The van der Waals surface area contributed by atoms with Crippen LogP contribution in [-0.4, -0.2) is 37.6 Å². The van der Waals surface area contributed by atoms with Crippen LogP contribution in [0.5, 0.6) is 0 Å². The van der Waals surface area contributed by atoms with Crippen molar-refractivity contribution in [1.82, 2.24) is 4.90 Å². The van der Waals surface area contributed by atoms with Crippen molar-refractivity contribution < 1.29 is 0 Å². The van der Waals surface area contributed by atoms with Crippen LogP contribution in [0.3, 0.4) is 0 Å². The summed E-state index contributed by atoms with van der Waals surface area (Å²) in [6.07, 6.45) is 5.10. The van der Waals surface area contributed by atoms with Crippen LogP contribution in [0.15, 0.2) is 18.2 Å². The smallest absolute Gasteiger partial charge is 0.0422 e. The molecule has 0 amide bonds. The Kier molecular flexibility index (Phi) is 3.16. The van der Waals surface area contributed by atoms with E-state index >= 15 is 0 Å². The maximum Gasteiger partial charge on any atom is 0.0422 e. The molecule has 2 aliphatic heterocycles. The third kappa shape index (κ3) is 2.19. The van der Waals surface area contributed by atoms with Gasteiger partial charge in [0.15, 0.2) is 0 Å². The van der Waals surface area contributed by atoms with E-state index < -0.39 is 0 Å². The molecule has 98 valence electrons. The summed E-state index contributed by atoms with van der Waals surface area (Å²) < 4.78 is 0. The Bertz CT molecular complexity index is 430. The Morgan fingerprint density at radius 3 is 2.94 bits per heavy atom. The molecule has 18 heavy (non-hydrogen) atoms. The highest BCUT2D eigenvalue weighted by atomic mass is 15.2. The van der Waals surface area contributed by atoms with Crippen LogP contribution in [0.25, 0.3) is 0 Å². The number of nitrogens with two attached hydrogens (primary N) is 1. The molecule has 0 spiro atoms. The largest absolute Gasteiger partial charge is 0.399 e. The van der Waals surface area contributed by atoms with Crippen LogP contribution < -0.4 is 10.6 Å². The number of likely N-dealkylation sites (tertiary alicyclic amines) is 1. The van der Waals surface area contributed by atoms with Crippen LogP contribution in [0.4, 0.5) is 11.4 Å². The monoisotopic (exact) mass is 245 g/mol. The molecule has 3 rings (SSSR count). The van der Waals surface area contributed by atoms with E-state index in [1.165, 1.54) is 56.6 Å². The molecule has 0 aliphatic carbocycles. The van der Waals surface area contributed by atoms with Gasteiger partial charge in [0.05, 0.1) is 0 Å². The predicted molar refractivity (Wildman–Crippen MR) is 77.0 cm³/mol. The number of rotatable bonds is 1. The molecule has 1 aromatic carbocycles. The van der Waals surface area contributed by atoms with Gasteiger partial charge < -0.3 is 15.5 Å². The SMILES string of the molecule is CN1CCCC(N2CCc3ccc(N)cc32)CC1. The van der Waals surface area contributed by atoms with Crippen molar-refractivity contribution in [3.63, 3.8) is 0 Å². The quantitative estimate of drug-likeness (QED) is 0.769. The number of fused-ring (bicyclic) bond motifs is 1. The zero-order valence-electron chi connectivity index (χ0n) is 11.2. The normalized spacial score (nSPS) is 24.9. The fourth-order valence-corrected chi connectivity index (χ4v) is 3.33. The first kappa shape index (κ1) is 11.8. The van der Waals surface area contributed by atoms with Gasteiger partial charge in [0.1, 0.15) is 0 Å². The molecule has 3 heteroatoms. The molecule has 0 radical (unpaired) electrons. The minimum absolute atomic E-state index is 0.706. The maximum atomic E-state index is 5.94. The molecule has 0 saturated carbocycles. The van der Waals surface area contributed by atoms with Gasteiger partial charge in [-0.15, -0.1) is 0 Å². The van der Waals surface area contributed by atoms with Gasteiger partial charge in [0.25, 0.3) is 0 Å². The fraction of sp³-hybridized carbons (Fsp3) is 0.600. The van der Waals surface area contributed by atoms with Gasteiger partial charge in [0, 0.05) is 24.0 Å². The van der Waals surface area contributed by atoms with Crippen molar-refractivity contribution in [3.8, 4) is 0 Å². The van der Waals surface area contributed by atoms with E-state index in [2.05, 4.69) is 29.0 Å². The van der Waals surface area contributed by atoms with Gasteiger partial charge in [-0.05, 0) is 63.5 Å². The van der Waals surface area contributed by atoms with Crippen molar-refractivity contribution in [2.75, 3.05) is 37.3 Å². The first-order chi connectivity index (χ1) is 8.74. The third-order valence-electron chi connectivity index (χ3n) is 4.40. The molecular formula is C15H23N3. The molecule has 2 N–H and O–H groups in total. The Hall–Kier alpha value is -1.22. The van der Waals surface area contributed by atoms with E-state index in [1.54, 1.807) is 0 Å². The molecule has 1 atom stereocenters. The summed E-state index contributed by atoms with van der Waals surface area (Å²) in [5.74, 6) is 0. The van der Waals surface area contributed by atoms with Crippen LogP contribution in [0, 0.1) is 0 Å². The van der Waals surface area contributed by atoms with Gasteiger partial charge in [0.2, 0.25) is 0 Å². The first-order valence-electron chi connectivity index (χ1n) is 7.07. The number of nitrogen functional groups attached to an aromatic ring is 1. The van der Waals surface area contributed by atoms with Gasteiger partial charge in [-0.1, -0.05) is 6.07 Å². The fourth-order valence-electron chi connectivity index (χ4n) is 3.33. The number of benzene rings is 1. The predicted octanol–water partition coefficient (Wildman–Crippen LogP) is 2.12. The molecule has 1 unspecified atom stereocenters. The maximum absolute atomic E-state index is 5.94. The van der Waals surface area contributed by atoms with E-state index in [9.17, 15) is 0 Å². The summed E-state index contributed by atoms with van der Waals surface area (Å²) in [4.78, 5) is 5.06. The van der Waals surface area contributed by atoms with E-state index in [0.29, 0.717) is 6.04 Å². The van der Waals surface area contributed by atoms with Gasteiger partial charge in [-0.3, -0.25) is 0 Å². The molecule has 0 bridgehead atoms. The van der Waals surface area contributed by atoms with Crippen molar-refractivity contribution in [2.24, 2.45) is 0 Å². The lowest BCUT2D eigenvalue weighted by Gasteiger charge is -2.29. The van der Waals surface area contributed by atoms with E-state index in [-0.39, 0.29) is 0 Å². The molecular weight excluding hydrogens is 222 g/mol. The Balaban J connectivity index is 1.80. The zero-order chi connectivity index (χ0) is 12.5. The minimum atomic E-state index is 0.706. The van der Waals surface area contributed by atoms with Crippen LogP contribution in [0.1, 0.15) is 24.8 Å². The third-order valence-corrected chi connectivity index (χ3v) is 4.40. The molecule has 1 aromatic rings. The standard InChI is InChI=1S/C15H23N3/c1-17-8-2-3-14(7-9-17)18-10-6-12-4-5-13(16)11-15(12)18/h4-5,11,14H,2-3,6-10,16H2,1H3. The highest BCUT2D eigenvalue weighted by Gasteiger charge is 2.27. The topological polar surface area (TPSA) is 32.5 Å². The lowest BCUT2D eigenvalue weighted by atomic mass is 10.1. The summed E-state index contributed by atoms with van der Waals surface area (Å²) in [5, 5.41) is 0. The molecule has 3 nitrogen and oxygen atoms in total. The van der Waals surface area contributed by atoms with E-state index in [4.69, 9.17) is 5.73 Å². The highest BCUT2D eigenvalue weighted by Crippen LogP contribution is 2.33. The average Bonchev–Trinajstić information content (AvgIpc) is 2.64. The minimum Gasteiger partial charge on any atom is -0.399 e. The number of hydrogen-bond donors (Lipinski definition) is 1. The van der Waals surface area contributed by atoms with Crippen LogP contribution in [0.2, 0.25) is 0 Å². The summed E-state index contributed by atoms with van der Waals surface area (Å²) >= 11 is 0. The molecule has 0 aromatic heterocycles. The van der Waals surface area contributed by atoms with E-state index in [1.807, 2.05) is 6.07 Å². The summed E-state index contributed by atoms with van der Waals surface area (Å²) in [6, 6.07) is 7.10. The highest BCUT2D eigenvalue weighted by molar-refractivity contribution is 5.64. The molecule has 2 heterocycles. The average molecular weight is 245 g/mol. The molecule has 1 fully saturated rings. The Labute approximate surface area is 110 Å². The Morgan fingerprint density at radius 1 is 1.17 bits per heavy atom. The molecule has 1 saturated heterocycles. The van der Waals surface area contributed by atoms with E-state index in [0.717, 1.165) is 5.69 Å². The van der Waals surface area contributed by atoms with Crippen LogP contribution >= 0.6 is 0 Å². The summed E-state index contributed by atoms with van der Waals surface area (Å²) in [5.41, 5.74) is 9.70. The van der Waals surface area contributed by atoms with Crippen molar-refractivity contribution in [2.45, 2.75) is 31.7 Å². The van der Waals surface area contributed by atoms with Crippen molar-refractivity contribution >= 4 is 11.4 Å². The number of hydrogen-bond acceptors (Lipinski definition) is 3. The lowest BCUT2D eigenvalue weighted by molar-refractivity contribution is 0.347. The number of nitrogens with zero attached hydrogens (tertiary/aromatic N) is 2. The summed E-state index contributed by atoms with van der Waals surface area (Å²) in [6.45, 7) is 3.64. The van der Waals surface area contributed by atoms with Crippen LogP contribution in [-0.2, 0) is 6.42 Å². The second-order valence-corrected chi connectivity index (χ2v) is 5.72. The first-order valence-corrected chi connectivity index (χ1v) is 7.07. The summed E-state index contributed by atoms with van der Waals surface area (Å²) in [7, 11) is 2.23. The molecule has 2 aliphatic rings. The Morgan fingerprint density at radius 2 is 2.06 bits per heavy atom. The zero-order valence-corrected chi connectivity index (χ0v) is 11.2. The lowest BCUT2D eigenvalue weighted by Crippen LogP contribution is -2.34. The van der Waals surface area contributed by atoms with Gasteiger partial charge in [-0.2, -0.15) is 0 Å². The van der Waals surface area contributed by atoms with Crippen molar-refractivity contribution in [1.29, 1.82) is 0 Å².